The van der Waals surface area contributed by atoms with E-state index in [0.29, 0.717) is 17.8 Å². The molecule has 0 atom stereocenters. The van der Waals surface area contributed by atoms with Gasteiger partial charge in [0.1, 0.15) is 5.75 Å². The molecule has 1 fully saturated rings. The van der Waals surface area contributed by atoms with E-state index in [1.54, 1.807) is 6.20 Å². The van der Waals surface area contributed by atoms with Gasteiger partial charge in [-0.25, -0.2) is 9.78 Å². The van der Waals surface area contributed by atoms with Crippen molar-refractivity contribution in [1.82, 2.24) is 15.6 Å². The lowest BCUT2D eigenvalue weighted by Gasteiger charge is -2.22. The van der Waals surface area contributed by atoms with Crippen molar-refractivity contribution in [3.63, 3.8) is 0 Å². The van der Waals surface area contributed by atoms with Crippen LogP contribution in [0.2, 0.25) is 0 Å². The molecule has 1 aliphatic carbocycles. The molecule has 0 radical (unpaired) electrons. The highest BCUT2D eigenvalue weighted by atomic mass is 32.1. The molecule has 0 spiro atoms. The summed E-state index contributed by atoms with van der Waals surface area (Å²) in [5, 5.41) is 8.46. The Kier molecular flexibility index (Phi) is 5.47. The van der Waals surface area contributed by atoms with E-state index in [4.69, 9.17) is 4.74 Å². The molecular formula is C17H21N3O2S. The van der Waals surface area contributed by atoms with E-state index in [2.05, 4.69) is 15.6 Å². The number of hydrogen-bond acceptors (Lipinski definition) is 4. The summed E-state index contributed by atoms with van der Waals surface area (Å²) in [6, 6.07) is 7.92. The van der Waals surface area contributed by atoms with Gasteiger partial charge in [-0.05, 0) is 30.5 Å². The smallest absolute Gasteiger partial charge is 0.315 e. The first-order valence-electron chi connectivity index (χ1n) is 8.00. The summed E-state index contributed by atoms with van der Waals surface area (Å²) in [7, 11) is 0. The van der Waals surface area contributed by atoms with E-state index in [0.717, 1.165) is 24.2 Å². The molecule has 1 aromatic carbocycles. The summed E-state index contributed by atoms with van der Waals surface area (Å²) in [5.74, 6) is 0.746. The van der Waals surface area contributed by atoms with Gasteiger partial charge >= 0.3 is 6.03 Å². The molecule has 122 valence electrons. The molecule has 0 bridgehead atoms. The van der Waals surface area contributed by atoms with Gasteiger partial charge in [0, 0.05) is 24.2 Å². The fourth-order valence-electron chi connectivity index (χ4n) is 2.70. The predicted octanol–water partition coefficient (Wildman–Crippen LogP) is 4.07. The fraction of sp³-hybridized carbons (Fsp3) is 0.412. The second-order valence-electron chi connectivity index (χ2n) is 5.71. The Bertz CT molecular complexity index is 607. The Morgan fingerprint density at radius 2 is 2.00 bits per heavy atom. The average molecular weight is 331 g/mol. The van der Waals surface area contributed by atoms with Gasteiger partial charge in [0.2, 0.25) is 0 Å². The zero-order chi connectivity index (χ0) is 15.9. The highest BCUT2D eigenvalue weighted by Crippen LogP contribution is 2.23. The number of urea groups is 1. The van der Waals surface area contributed by atoms with Crippen LogP contribution in [0.3, 0.4) is 0 Å². The van der Waals surface area contributed by atoms with Crippen molar-refractivity contribution in [2.45, 2.75) is 44.7 Å². The van der Waals surface area contributed by atoms with Crippen LogP contribution in [0.15, 0.2) is 35.8 Å². The number of thiazole rings is 1. The van der Waals surface area contributed by atoms with Crippen LogP contribution in [-0.2, 0) is 6.54 Å². The van der Waals surface area contributed by atoms with E-state index in [1.807, 2.05) is 29.6 Å². The normalized spacial score (nSPS) is 15.1. The highest BCUT2D eigenvalue weighted by Gasteiger charge is 2.15. The maximum absolute atomic E-state index is 11.9. The molecule has 2 N–H and O–H groups in total. The molecule has 2 aromatic rings. The summed E-state index contributed by atoms with van der Waals surface area (Å²) >= 11 is 1.45. The number of carbonyl (C=O) groups excluding carboxylic acids is 1. The summed E-state index contributed by atoms with van der Waals surface area (Å²) in [6.45, 7) is 0.510. The van der Waals surface area contributed by atoms with Crippen LogP contribution in [0.4, 0.5) is 4.79 Å². The zero-order valence-corrected chi connectivity index (χ0v) is 13.8. The van der Waals surface area contributed by atoms with Gasteiger partial charge in [-0.15, -0.1) is 0 Å². The number of nitrogens with one attached hydrogen (secondary N) is 2. The minimum atomic E-state index is -0.0833. The van der Waals surface area contributed by atoms with Crippen LogP contribution in [-0.4, -0.2) is 17.1 Å². The van der Waals surface area contributed by atoms with Gasteiger partial charge in [0.05, 0.1) is 0 Å². The van der Waals surface area contributed by atoms with Gasteiger partial charge in [-0.1, -0.05) is 42.7 Å². The van der Waals surface area contributed by atoms with Crippen molar-refractivity contribution in [3.8, 4) is 10.9 Å². The third kappa shape index (κ3) is 4.96. The molecule has 1 aromatic heterocycles. The topological polar surface area (TPSA) is 63.2 Å². The number of hydrogen-bond donors (Lipinski definition) is 2. The average Bonchev–Trinajstić information content (AvgIpc) is 3.08. The monoisotopic (exact) mass is 331 g/mol. The first kappa shape index (κ1) is 15.8. The third-order valence-corrected chi connectivity index (χ3v) is 4.58. The van der Waals surface area contributed by atoms with Crippen LogP contribution in [0.25, 0.3) is 0 Å². The van der Waals surface area contributed by atoms with E-state index >= 15 is 0 Å². The molecule has 0 saturated heterocycles. The summed E-state index contributed by atoms with van der Waals surface area (Å²) in [5.41, 5.74) is 1.04. The van der Waals surface area contributed by atoms with Crippen molar-refractivity contribution in [2.24, 2.45) is 0 Å². The van der Waals surface area contributed by atoms with Gasteiger partial charge in [0.25, 0.3) is 5.19 Å². The standard InChI is InChI=1S/C17H21N3O2S/c21-16(20-14-4-2-1-3-5-14)19-12-13-6-8-15(9-7-13)22-17-18-10-11-23-17/h6-11,14H,1-5,12H2,(H2,19,20,21). The van der Waals surface area contributed by atoms with Crippen molar-refractivity contribution in [3.05, 3.63) is 41.4 Å². The molecule has 6 heteroatoms. The number of aromatic nitrogens is 1. The Labute approximate surface area is 140 Å². The van der Waals surface area contributed by atoms with Gasteiger partial charge in [-0.2, -0.15) is 0 Å². The summed E-state index contributed by atoms with van der Waals surface area (Å²) in [4.78, 5) is 16.0. The van der Waals surface area contributed by atoms with Crippen molar-refractivity contribution in [2.75, 3.05) is 0 Å². The molecule has 5 nitrogen and oxygen atoms in total. The number of amides is 2. The van der Waals surface area contributed by atoms with Gasteiger partial charge in [0.15, 0.2) is 0 Å². The quantitative estimate of drug-likeness (QED) is 0.868. The lowest BCUT2D eigenvalue weighted by molar-refractivity contribution is 0.232. The van der Waals surface area contributed by atoms with Crippen LogP contribution < -0.4 is 15.4 Å². The molecule has 1 heterocycles. The molecule has 2 amide bonds. The SMILES string of the molecule is O=C(NCc1ccc(Oc2nccs2)cc1)NC1CCCCC1. The minimum absolute atomic E-state index is 0.0833. The van der Waals surface area contributed by atoms with Crippen LogP contribution >= 0.6 is 11.3 Å². The molecule has 1 saturated carbocycles. The molecule has 1 aliphatic rings. The number of benzene rings is 1. The Hall–Kier alpha value is -2.08. The van der Waals surface area contributed by atoms with Crippen LogP contribution in [0, 0.1) is 0 Å². The van der Waals surface area contributed by atoms with E-state index in [-0.39, 0.29) is 6.03 Å². The second kappa shape index (κ2) is 7.97. The minimum Gasteiger partial charge on any atom is -0.431 e. The summed E-state index contributed by atoms with van der Waals surface area (Å²) < 4.78 is 5.61. The molecule has 0 unspecified atom stereocenters. The van der Waals surface area contributed by atoms with Crippen LogP contribution in [0.5, 0.6) is 10.9 Å². The van der Waals surface area contributed by atoms with E-state index in [9.17, 15) is 4.79 Å². The van der Waals surface area contributed by atoms with E-state index in [1.165, 1.54) is 30.6 Å². The van der Waals surface area contributed by atoms with Crippen molar-refractivity contribution in [1.29, 1.82) is 0 Å². The number of rotatable bonds is 5. The van der Waals surface area contributed by atoms with Gasteiger partial charge < -0.3 is 15.4 Å². The first-order valence-corrected chi connectivity index (χ1v) is 8.88. The molecule has 23 heavy (non-hydrogen) atoms. The molecule has 0 aliphatic heterocycles. The second-order valence-corrected chi connectivity index (χ2v) is 6.56. The maximum atomic E-state index is 11.9. The fourth-order valence-corrected chi connectivity index (χ4v) is 3.21. The largest absolute Gasteiger partial charge is 0.431 e. The van der Waals surface area contributed by atoms with Crippen LogP contribution in [0.1, 0.15) is 37.7 Å². The zero-order valence-electron chi connectivity index (χ0n) is 13.0. The predicted molar refractivity (Wildman–Crippen MR) is 90.9 cm³/mol. The Balaban J connectivity index is 1.43. The van der Waals surface area contributed by atoms with Gasteiger partial charge in [-0.3, -0.25) is 0 Å². The lowest BCUT2D eigenvalue weighted by Crippen LogP contribution is -2.42. The molecule has 3 rings (SSSR count). The summed E-state index contributed by atoms with van der Waals surface area (Å²) in [6.07, 6.45) is 7.61. The Morgan fingerprint density at radius 3 is 2.70 bits per heavy atom. The maximum Gasteiger partial charge on any atom is 0.315 e. The van der Waals surface area contributed by atoms with E-state index < -0.39 is 0 Å². The third-order valence-electron chi connectivity index (χ3n) is 3.93. The Morgan fingerprint density at radius 1 is 1.22 bits per heavy atom. The number of nitrogens with zero attached hydrogens (tertiary/aromatic N) is 1. The number of carbonyl (C=O) groups is 1. The lowest BCUT2D eigenvalue weighted by atomic mass is 9.96. The first-order chi connectivity index (χ1) is 11.3. The highest BCUT2D eigenvalue weighted by molar-refractivity contribution is 7.11. The molecular weight excluding hydrogens is 310 g/mol. The van der Waals surface area contributed by atoms with Crippen molar-refractivity contribution < 1.29 is 9.53 Å². The number of ether oxygens (including phenoxy) is 1. The van der Waals surface area contributed by atoms with Crippen molar-refractivity contribution >= 4 is 17.4 Å².